The quantitative estimate of drug-likeness (QED) is 0.751. The summed E-state index contributed by atoms with van der Waals surface area (Å²) in [6, 6.07) is 5.78. The second-order valence-electron chi connectivity index (χ2n) is 4.30. The Morgan fingerprint density at radius 3 is 2.90 bits per heavy atom. The van der Waals surface area contributed by atoms with Crippen molar-refractivity contribution in [3.8, 4) is 9.88 Å². The first kappa shape index (κ1) is 14.4. The third-order valence-corrected chi connectivity index (χ3v) is 5.44. The van der Waals surface area contributed by atoms with Gasteiger partial charge in [0.1, 0.15) is 10.7 Å². The van der Waals surface area contributed by atoms with Crippen molar-refractivity contribution in [2.24, 2.45) is 0 Å². The van der Waals surface area contributed by atoms with Crippen LogP contribution < -0.4 is 5.32 Å². The number of thiazole rings is 1. The summed E-state index contributed by atoms with van der Waals surface area (Å²) < 4.78 is 0. The lowest BCUT2D eigenvalue weighted by molar-refractivity contribution is 0.0912. The van der Waals surface area contributed by atoms with Crippen molar-refractivity contribution in [2.45, 2.75) is 6.10 Å². The summed E-state index contributed by atoms with van der Waals surface area (Å²) >= 11 is 4.56. The first-order valence-corrected chi connectivity index (χ1v) is 8.92. The average Bonchev–Trinajstić information content (AvgIpc) is 3.25. The van der Waals surface area contributed by atoms with E-state index in [0.29, 0.717) is 5.69 Å². The van der Waals surface area contributed by atoms with Crippen molar-refractivity contribution in [2.75, 3.05) is 6.54 Å². The number of carbonyl (C=O) groups is 1. The van der Waals surface area contributed by atoms with Crippen LogP contribution >= 0.6 is 34.0 Å². The topological polar surface area (TPSA) is 62.2 Å². The third-order valence-electron chi connectivity index (χ3n) is 2.85. The van der Waals surface area contributed by atoms with E-state index in [1.165, 1.54) is 22.7 Å². The molecular weight excluding hydrogens is 324 g/mol. The van der Waals surface area contributed by atoms with Crippen LogP contribution in [0.3, 0.4) is 0 Å². The SMILES string of the molecule is O=C(NCC(O)c1ccsc1)c1csc(-c2cccs2)n1. The van der Waals surface area contributed by atoms with E-state index in [0.717, 1.165) is 15.4 Å². The van der Waals surface area contributed by atoms with Gasteiger partial charge in [0.05, 0.1) is 11.0 Å². The molecule has 0 aliphatic heterocycles. The van der Waals surface area contributed by atoms with Gasteiger partial charge in [-0.1, -0.05) is 6.07 Å². The molecule has 0 saturated heterocycles. The number of hydrogen-bond donors (Lipinski definition) is 2. The molecule has 7 heteroatoms. The van der Waals surface area contributed by atoms with Crippen LogP contribution in [0.2, 0.25) is 0 Å². The standard InChI is InChI=1S/C14H12N2O2S3/c17-11(9-3-5-19-7-9)6-15-13(18)10-8-21-14(16-10)12-2-1-4-20-12/h1-5,7-8,11,17H,6H2,(H,15,18). The highest BCUT2D eigenvalue weighted by Crippen LogP contribution is 2.27. The molecular formula is C14H12N2O2S3. The lowest BCUT2D eigenvalue weighted by Crippen LogP contribution is -2.28. The molecule has 3 rings (SSSR count). The maximum absolute atomic E-state index is 12.0. The fourth-order valence-electron chi connectivity index (χ4n) is 1.75. The summed E-state index contributed by atoms with van der Waals surface area (Å²) in [5, 5.41) is 21.0. The number of hydrogen-bond acceptors (Lipinski definition) is 6. The van der Waals surface area contributed by atoms with E-state index in [1.807, 2.05) is 34.3 Å². The molecule has 1 amide bonds. The van der Waals surface area contributed by atoms with Gasteiger partial charge in [-0.05, 0) is 33.8 Å². The molecule has 0 bridgehead atoms. The van der Waals surface area contributed by atoms with Crippen LogP contribution in [-0.2, 0) is 0 Å². The molecule has 3 aromatic rings. The van der Waals surface area contributed by atoms with Crippen LogP contribution in [0.15, 0.2) is 39.7 Å². The Labute approximate surface area is 133 Å². The zero-order valence-electron chi connectivity index (χ0n) is 10.9. The molecule has 1 unspecified atom stereocenters. The lowest BCUT2D eigenvalue weighted by atomic mass is 10.2. The Bertz CT molecular complexity index is 705. The minimum Gasteiger partial charge on any atom is -0.387 e. The van der Waals surface area contributed by atoms with Crippen LogP contribution in [0.4, 0.5) is 0 Å². The van der Waals surface area contributed by atoms with Crippen LogP contribution in [0.1, 0.15) is 22.2 Å². The minimum absolute atomic E-state index is 0.182. The first-order chi connectivity index (χ1) is 10.2. The predicted molar refractivity (Wildman–Crippen MR) is 87.0 cm³/mol. The molecule has 0 aliphatic carbocycles. The summed E-state index contributed by atoms with van der Waals surface area (Å²) in [4.78, 5) is 17.4. The maximum Gasteiger partial charge on any atom is 0.270 e. The molecule has 21 heavy (non-hydrogen) atoms. The third kappa shape index (κ3) is 3.38. The van der Waals surface area contributed by atoms with Gasteiger partial charge >= 0.3 is 0 Å². The zero-order chi connectivity index (χ0) is 14.7. The van der Waals surface area contributed by atoms with E-state index in [4.69, 9.17) is 0 Å². The van der Waals surface area contributed by atoms with Gasteiger partial charge in [-0.25, -0.2) is 4.98 Å². The molecule has 2 N–H and O–H groups in total. The highest BCUT2D eigenvalue weighted by Gasteiger charge is 2.14. The largest absolute Gasteiger partial charge is 0.387 e. The molecule has 0 aromatic carbocycles. The van der Waals surface area contributed by atoms with E-state index >= 15 is 0 Å². The van der Waals surface area contributed by atoms with Crippen LogP contribution in [0.25, 0.3) is 9.88 Å². The van der Waals surface area contributed by atoms with Crippen molar-refractivity contribution < 1.29 is 9.90 Å². The Kier molecular flexibility index (Phi) is 4.45. The van der Waals surface area contributed by atoms with Gasteiger partial charge in [0.15, 0.2) is 0 Å². The second-order valence-corrected chi connectivity index (χ2v) is 6.88. The number of aliphatic hydroxyl groups excluding tert-OH is 1. The maximum atomic E-state index is 12.0. The van der Waals surface area contributed by atoms with Gasteiger partial charge in [-0.3, -0.25) is 4.79 Å². The number of thiophene rings is 2. The number of aliphatic hydroxyl groups is 1. The second kappa shape index (κ2) is 6.48. The van der Waals surface area contributed by atoms with E-state index in [9.17, 15) is 9.90 Å². The number of nitrogens with zero attached hydrogens (tertiary/aromatic N) is 1. The summed E-state index contributed by atoms with van der Waals surface area (Å²) in [5.41, 5.74) is 1.21. The van der Waals surface area contributed by atoms with Crippen LogP contribution in [0, 0.1) is 0 Å². The number of amides is 1. The molecule has 3 heterocycles. The highest BCUT2D eigenvalue weighted by molar-refractivity contribution is 7.20. The fraction of sp³-hybridized carbons (Fsp3) is 0.143. The first-order valence-electron chi connectivity index (χ1n) is 6.22. The van der Waals surface area contributed by atoms with E-state index in [1.54, 1.807) is 16.7 Å². The van der Waals surface area contributed by atoms with Crippen molar-refractivity contribution in [3.05, 3.63) is 51.0 Å². The Morgan fingerprint density at radius 2 is 2.19 bits per heavy atom. The Hall–Kier alpha value is -1.54. The molecule has 0 fully saturated rings. The Balaban J connectivity index is 1.61. The molecule has 1 atom stereocenters. The summed E-state index contributed by atoms with van der Waals surface area (Å²) in [5.74, 6) is -0.261. The molecule has 3 aromatic heterocycles. The van der Waals surface area contributed by atoms with E-state index in [-0.39, 0.29) is 12.5 Å². The van der Waals surface area contributed by atoms with Gasteiger partial charge in [-0.2, -0.15) is 11.3 Å². The summed E-state index contributed by atoms with van der Waals surface area (Å²) in [6.45, 7) is 0.182. The van der Waals surface area contributed by atoms with Crippen molar-refractivity contribution in [3.63, 3.8) is 0 Å². The van der Waals surface area contributed by atoms with Gasteiger partial charge in [-0.15, -0.1) is 22.7 Å². The molecule has 0 spiro atoms. The molecule has 0 saturated carbocycles. The number of aromatic nitrogens is 1. The number of rotatable bonds is 5. The van der Waals surface area contributed by atoms with Gasteiger partial charge < -0.3 is 10.4 Å². The van der Waals surface area contributed by atoms with Crippen LogP contribution in [-0.4, -0.2) is 22.5 Å². The molecule has 4 nitrogen and oxygen atoms in total. The predicted octanol–water partition coefficient (Wildman–Crippen LogP) is 3.40. The van der Waals surface area contributed by atoms with Gasteiger partial charge in [0, 0.05) is 11.9 Å². The number of carbonyl (C=O) groups excluding carboxylic acids is 1. The highest BCUT2D eigenvalue weighted by atomic mass is 32.1. The van der Waals surface area contributed by atoms with E-state index < -0.39 is 6.10 Å². The monoisotopic (exact) mass is 336 g/mol. The van der Waals surface area contributed by atoms with Gasteiger partial charge in [0.2, 0.25) is 0 Å². The van der Waals surface area contributed by atoms with Crippen molar-refractivity contribution in [1.82, 2.24) is 10.3 Å². The summed E-state index contributed by atoms with van der Waals surface area (Å²) in [6.07, 6.45) is -0.685. The fourth-order valence-corrected chi connectivity index (χ4v) is 4.08. The Morgan fingerprint density at radius 1 is 1.29 bits per heavy atom. The molecule has 108 valence electrons. The van der Waals surface area contributed by atoms with Gasteiger partial charge in [0.25, 0.3) is 5.91 Å². The van der Waals surface area contributed by atoms with Crippen molar-refractivity contribution in [1.29, 1.82) is 0 Å². The van der Waals surface area contributed by atoms with Crippen LogP contribution in [0.5, 0.6) is 0 Å². The summed E-state index contributed by atoms with van der Waals surface area (Å²) in [7, 11) is 0. The lowest BCUT2D eigenvalue weighted by Gasteiger charge is -2.09. The minimum atomic E-state index is -0.685. The van der Waals surface area contributed by atoms with E-state index in [2.05, 4.69) is 10.3 Å². The molecule has 0 aliphatic rings. The van der Waals surface area contributed by atoms with Crippen molar-refractivity contribution >= 4 is 39.9 Å². The zero-order valence-corrected chi connectivity index (χ0v) is 13.3. The smallest absolute Gasteiger partial charge is 0.270 e. The molecule has 0 radical (unpaired) electrons. The normalized spacial score (nSPS) is 12.2. The number of nitrogens with one attached hydrogen (secondary N) is 1. The average molecular weight is 336 g/mol.